The number of aryl methyl sites for hydroxylation is 1. The van der Waals surface area contributed by atoms with Gasteiger partial charge in [-0.1, -0.05) is 26.0 Å². The summed E-state index contributed by atoms with van der Waals surface area (Å²) in [6.07, 6.45) is 9.22. The first kappa shape index (κ1) is 10.4. The summed E-state index contributed by atoms with van der Waals surface area (Å²) in [6.45, 7) is 4.37. The molecule has 1 unspecified atom stereocenters. The Balaban J connectivity index is 2.35. The zero-order chi connectivity index (χ0) is 11.1. The lowest BCUT2D eigenvalue weighted by molar-refractivity contribution is 0.0512. The molecular weight excluding hydrogens is 188 g/mol. The average Bonchev–Trinajstić information content (AvgIpc) is 2.58. The van der Waals surface area contributed by atoms with Crippen LogP contribution < -0.4 is 0 Å². The van der Waals surface area contributed by atoms with Gasteiger partial charge in [-0.25, -0.2) is 4.98 Å². The number of rotatable bonds is 1. The molecular formula is C12H18N2O. The molecule has 15 heavy (non-hydrogen) atoms. The van der Waals surface area contributed by atoms with Crippen LogP contribution in [0, 0.1) is 5.41 Å². The van der Waals surface area contributed by atoms with Crippen LogP contribution in [0.25, 0.3) is 0 Å². The monoisotopic (exact) mass is 206 g/mol. The van der Waals surface area contributed by atoms with Crippen LogP contribution >= 0.6 is 0 Å². The van der Waals surface area contributed by atoms with E-state index in [1.807, 2.05) is 17.7 Å². The smallest absolute Gasteiger partial charge is 0.124 e. The third kappa shape index (κ3) is 1.84. The van der Waals surface area contributed by atoms with Crippen LogP contribution in [0.4, 0.5) is 0 Å². The Morgan fingerprint density at radius 3 is 2.53 bits per heavy atom. The van der Waals surface area contributed by atoms with Crippen molar-refractivity contribution in [1.82, 2.24) is 9.55 Å². The maximum Gasteiger partial charge on any atom is 0.124 e. The molecule has 1 aromatic heterocycles. The molecule has 0 amide bonds. The van der Waals surface area contributed by atoms with E-state index in [2.05, 4.69) is 24.9 Å². The molecule has 1 aromatic rings. The number of aromatic nitrogens is 2. The lowest BCUT2D eigenvalue weighted by Crippen LogP contribution is -2.31. The van der Waals surface area contributed by atoms with Gasteiger partial charge < -0.3 is 9.67 Å². The van der Waals surface area contributed by atoms with E-state index < -0.39 is 5.60 Å². The quantitative estimate of drug-likeness (QED) is 0.713. The molecule has 2 rings (SSSR count). The maximum absolute atomic E-state index is 10.5. The molecule has 0 aromatic carbocycles. The first-order valence-electron chi connectivity index (χ1n) is 5.33. The molecule has 0 spiro atoms. The lowest BCUT2D eigenvalue weighted by atomic mass is 9.76. The molecule has 0 bridgehead atoms. The van der Waals surface area contributed by atoms with Crippen molar-refractivity contribution in [2.75, 3.05) is 0 Å². The average molecular weight is 206 g/mol. The second kappa shape index (κ2) is 3.20. The first-order chi connectivity index (χ1) is 6.93. The number of nitrogens with zero attached hydrogens (tertiary/aromatic N) is 2. The molecule has 1 atom stereocenters. The largest absolute Gasteiger partial charge is 0.379 e. The van der Waals surface area contributed by atoms with E-state index >= 15 is 0 Å². The van der Waals surface area contributed by atoms with Crippen molar-refractivity contribution >= 4 is 0 Å². The summed E-state index contributed by atoms with van der Waals surface area (Å²) in [6, 6.07) is 0. The van der Waals surface area contributed by atoms with Crippen LogP contribution in [0.1, 0.15) is 32.4 Å². The zero-order valence-electron chi connectivity index (χ0n) is 9.57. The SMILES string of the molecule is Cn1cncc1C1(O)C=CC(C)(C)CC1. The minimum atomic E-state index is -0.833. The summed E-state index contributed by atoms with van der Waals surface area (Å²) >= 11 is 0. The van der Waals surface area contributed by atoms with Crippen molar-refractivity contribution in [2.24, 2.45) is 12.5 Å². The van der Waals surface area contributed by atoms with E-state index in [-0.39, 0.29) is 5.41 Å². The topological polar surface area (TPSA) is 38.0 Å². The molecule has 1 N–H and O–H groups in total. The van der Waals surface area contributed by atoms with E-state index in [0.717, 1.165) is 18.5 Å². The number of imidazole rings is 1. The number of hydrogen-bond acceptors (Lipinski definition) is 2. The molecule has 82 valence electrons. The predicted molar refractivity (Wildman–Crippen MR) is 59.3 cm³/mol. The van der Waals surface area contributed by atoms with Crippen molar-refractivity contribution in [3.8, 4) is 0 Å². The third-order valence-electron chi connectivity index (χ3n) is 3.22. The fraction of sp³-hybridized carbons (Fsp3) is 0.583. The van der Waals surface area contributed by atoms with Crippen LogP contribution in [-0.4, -0.2) is 14.7 Å². The van der Waals surface area contributed by atoms with Crippen molar-refractivity contribution < 1.29 is 5.11 Å². The van der Waals surface area contributed by atoms with Crippen LogP contribution in [0.3, 0.4) is 0 Å². The Morgan fingerprint density at radius 1 is 1.33 bits per heavy atom. The highest BCUT2D eigenvalue weighted by Crippen LogP contribution is 2.39. The van der Waals surface area contributed by atoms with E-state index in [4.69, 9.17) is 0 Å². The highest BCUT2D eigenvalue weighted by atomic mass is 16.3. The molecule has 1 aliphatic rings. The fourth-order valence-corrected chi connectivity index (χ4v) is 2.03. The van der Waals surface area contributed by atoms with Gasteiger partial charge in [0.25, 0.3) is 0 Å². The van der Waals surface area contributed by atoms with Crippen molar-refractivity contribution in [2.45, 2.75) is 32.3 Å². The Morgan fingerprint density at radius 2 is 2.07 bits per heavy atom. The number of allylic oxidation sites excluding steroid dienone is 1. The molecule has 0 aliphatic heterocycles. The van der Waals surface area contributed by atoms with Gasteiger partial charge in [0.15, 0.2) is 0 Å². The molecule has 1 heterocycles. The standard InChI is InChI=1S/C12H18N2O/c1-11(2)4-6-12(15,7-5-11)10-8-13-9-14(10)3/h4,6,8-9,15H,5,7H2,1-3H3. The van der Waals surface area contributed by atoms with Gasteiger partial charge in [-0.05, 0) is 18.3 Å². The number of aliphatic hydroxyl groups is 1. The van der Waals surface area contributed by atoms with Gasteiger partial charge in [-0.3, -0.25) is 0 Å². The Hall–Kier alpha value is -1.09. The molecule has 0 saturated carbocycles. The lowest BCUT2D eigenvalue weighted by Gasteiger charge is -2.34. The fourth-order valence-electron chi connectivity index (χ4n) is 2.03. The maximum atomic E-state index is 10.5. The third-order valence-corrected chi connectivity index (χ3v) is 3.22. The number of hydrogen-bond donors (Lipinski definition) is 1. The Kier molecular flexibility index (Phi) is 2.23. The van der Waals surface area contributed by atoms with Gasteiger partial charge in [-0.15, -0.1) is 0 Å². The van der Waals surface area contributed by atoms with Crippen LogP contribution in [0.15, 0.2) is 24.7 Å². The summed E-state index contributed by atoms with van der Waals surface area (Å²) in [7, 11) is 1.91. The summed E-state index contributed by atoms with van der Waals surface area (Å²) in [5.74, 6) is 0. The normalized spacial score (nSPS) is 29.3. The molecule has 0 saturated heterocycles. The van der Waals surface area contributed by atoms with Crippen molar-refractivity contribution in [3.63, 3.8) is 0 Å². The van der Waals surface area contributed by atoms with Gasteiger partial charge in [-0.2, -0.15) is 0 Å². The van der Waals surface area contributed by atoms with Crippen molar-refractivity contribution in [3.05, 3.63) is 30.4 Å². The Labute approximate surface area is 90.5 Å². The second-order valence-corrected chi connectivity index (χ2v) is 5.14. The van der Waals surface area contributed by atoms with Crippen LogP contribution in [-0.2, 0) is 12.6 Å². The van der Waals surface area contributed by atoms with Crippen molar-refractivity contribution in [1.29, 1.82) is 0 Å². The summed E-state index contributed by atoms with van der Waals surface area (Å²) in [4.78, 5) is 4.05. The second-order valence-electron chi connectivity index (χ2n) is 5.14. The Bertz CT molecular complexity index is 392. The van der Waals surface area contributed by atoms with Gasteiger partial charge in [0.05, 0.1) is 18.2 Å². The van der Waals surface area contributed by atoms with Crippen LogP contribution in [0.2, 0.25) is 0 Å². The van der Waals surface area contributed by atoms with Gasteiger partial charge in [0.2, 0.25) is 0 Å². The minimum Gasteiger partial charge on any atom is -0.379 e. The van der Waals surface area contributed by atoms with Gasteiger partial charge in [0.1, 0.15) is 5.60 Å². The predicted octanol–water partition coefficient (Wildman–Crippen LogP) is 1.98. The van der Waals surface area contributed by atoms with E-state index in [1.54, 1.807) is 12.5 Å². The molecule has 0 radical (unpaired) electrons. The molecule has 1 aliphatic carbocycles. The van der Waals surface area contributed by atoms with E-state index in [0.29, 0.717) is 0 Å². The summed E-state index contributed by atoms with van der Waals surface area (Å²) in [5, 5.41) is 10.5. The summed E-state index contributed by atoms with van der Waals surface area (Å²) in [5.41, 5.74) is 0.236. The van der Waals surface area contributed by atoms with Crippen LogP contribution in [0.5, 0.6) is 0 Å². The molecule has 3 nitrogen and oxygen atoms in total. The first-order valence-corrected chi connectivity index (χ1v) is 5.33. The molecule has 0 fully saturated rings. The van der Waals surface area contributed by atoms with E-state index in [1.165, 1.54) is 0 Å². The molecule has 3 heteroatoms. The zero-order valence-corrected chi connectivity index (χ0v) is 9.57. The van der Waals surface area contributed by atoms with E-state index in [9.17, 15) is 5.11 Å². The highest BCUT2D eigenvalue weighted by Gasteiger charge is 2.35. The summed E-state index contributed by atoms with van der Waals surface area (Å²) < 4.78 is 1.88. The highest BCUT2D eigenvalue weighted by molar-refractivity contribution is 5.22. The minimum absolute atomic E-state index is 0.199. The van der Waals surface area contributed by atoms with Gasteiger partial charge >= 0.3 is 0 Å². The van der Waals surface area contributed by atoms with Gasteiger partial charge in [0, 0.05) is 7.05 Å².